The van der Waals surface area contributed by atoms with Crippen LogP contribution in [0.15, 0.2) is 18.2 Å². The number of aromatic hydroxyl groups is 2. The van der Waals surface area contributed by atoms with E-state index in [1.165, 1.54) is 7.11 Å². The monoisotopic (exact) mass is 313 g/mol. The van der Waals surface area contributed by atoms with Crippen molar-refractivity contribution in [1.82, 2.24) is 5.32 Å². The van der Waals surface area contributed by atoms with Gasteiger partial charge in [-0.15, -0.1) is 0 Å². The molecule has 4 rings (SSSR count). The number of methoxy groups -OCH3 is 2. The van der Waals surface area contributed by atoms with E-state index < -0.39 is 0 Å². The van der Waals surface area contributed by atoms with E-state index in [1.807, 2.05) is 6.07 Å². The first-order valence-electron chi connectivity index (χ1n) is 7.71. The van der Waals surface area contributed by atoms with Gasteiger partial charge in [-0.3, -0.25) is 0 Å². The van der Waals surface area contributed by atoms with E-state index in [0.717, 1.165) is 47.2 Å². The van der Waals surface area contributed by atoms with Crippen molar-refractivity contribution in [2.45, 2.75) is 18.9 Å². The summed E-state index contributed by atoms with van der Waals surface area (Å²) in [6.07, 6.45) is 1.60. The van der Waals surface area contributed by atoms with Gasteiger partial charge >= 0.3 is 0 Å². The molecule has 1 aliphatic heterocycles. The summed E-state index contributed by atoms with van der Waals surface area (Å²) in [5.41, 5.74) is 4.93. The molecule has 0 fully saturated rings. The molecule has 1 aliphatic carbocycles. The number of rotatable bonds is 2. The Morgan fingerprint density at radius 1 is 1.13 bits per heavy atom. The lowest BCUT2D eigenvalue weighted by atomic mass is 9.77. The molecular weight excluding hydrogens is 294 g/mol. The summed E-state index contributed by atoms with van der Waals surface area (Å²) in [6, 6.07) is 5.38. The Hall–Kier alpha value is -2.40. The minimum Gasteiger partial charge on any atom is -0.508 e. The first-order chi connectivity index (χ1) is 11.2. The second-order valence-electron chi connectivity index (χ2n) is 5.98. The molecule has 0 saturated carbocycles. The van der Waals surface area contributed by atoms with E-state index in [4.69, 9.17) is 9.47 Å². The van der Waals surface area contributed by atoms with Crippen LogP contribution in [0, 0.1) is 0 Å². The lowest BCUT2D eigenvalue weighted by Gasteiger charge is -2.36. The van der Waals surface area contributed by atoms with Crippen LogP contribution < -0.4 is 14.8 Å². The standard InChI is InChI=1S/C18H19NO4/c1-22-17-12-5-6-19-13-8-9-7-10(20)3-4-11(9)15(14(12)13)16(21)18(17)23-2/h3-4,7,13,19-21H,5-6,8H2,1-2H3. The minimum absolute atomic E-state index is 0.100. The molecule has 0 saturated heterocycles. The molecule has 120 valence electrons. The molecule has 5 nitrogen and oxygen atoms in total. The van der Waals surface area contributed by atoms with Gasteiger partial charge in [-0.25, -0.2) is 0 Å². The summed E-state index contributed by atoms with van der Waals surface area (Å²) in [4.78, 5) is 0. The molecule has 2 aliphatic rings. The third kappa shape index (κ3) is 1.90. The van der Waals surface area contributed by atoms with E-state index in [-0.39, 0.29) is 17.5 Å². The minimum atomic E-state index is 0.100. The smallest absolute Gasteiger partial charge is 0.204 e. The molecule has 5 heteroatoms. The largest absolute Gasteiger partial charge is 0.508 e. The Morgan fingerprint density at radius 2 is 1.91 bits per heavy atom. The van der Waals surface area contributed by atoms with Crippen molar-refractivity contribution in [3.8, 4) is 34.1 Å². The van der Waals surface area contributed by atoms with Crippen molar-refractivity contribution in [2.75, 3.05) is 20.8 Å². The molecule has 0 aromatic heterocycles. The Labute approximate surface area is 134 Å². The average Bonchev–Trinajstić information content (AvgIpc) is 2.56. The summed E-state index contributed by atoms with van der Waals surface area (Å²) < 4.78 is 11.0. The van der Waals surface area contributed by atoms with Crippen molar-refractivity contribution in [2.24, 2.45) is 0 Å². The van der Waals surface area contributed by atoms with Crippen LogP contribution in [-0.2, 0) is 12.8 Å². The SMILES string of the molecule is COc1c(O)c2c3c(c1OC)CCNC3Cc1cc(O)ccc1-2. The second-order valence-corrected chi connectivity index (χ2v) is 5.98. The predicted molar refractivity (Wildman–Crippen MR) is 86.5 cm³/mol. The number of phenolic OH excluding ortho intramolecular Hbond substituents is 2. The zero-order valence-corrected chi connectivity index (χ0v) is 13.1. The highest BCUT2D eigenvalue weighted by atomic mass is 16.5. The predicted octanol–water partition coefficient (Wildman–Crippen LogP) is 2.52. The third-order valence-corrected chi connectivity index (χ3v) is 4.83. The molecule has 2 aromatic carbocycles. The Morgan fingerprint density at radius 3 is 2.65 bits per heavy atom. The van der Waals surface area contributed by atoms with E-state index in [0.29, 0.717) is 11.5 Å². The first kappa shape index (κ1) is 14.2. The molecule has 0 spiro atoms. The van der Waals surface area contributed by atoms with Crippen LogP contribution in [0.1, 0.15) is 22.7 Å². The van der Waals surface area contributed by atoms with E-state index in [9.17, 15) is 10.2 Å². The van der Waals surface area contributed by atoms with Gasteiger partial charge in [-0.2, -0.15) is 0 Å². The molecule has 0 radical (unpaired) electrons. The number of benzene rings is 2. The molecule has 1 atom stereocenters. The highest BCUT2D eigenvalue weighted by Crippen LogP contribution is 2.55. The number of nitrogens with one attached hydrogen (secondary N) is 1. The van der Waals surface area contributed by atoms with E-state index in [2.05, 4.69) is 5.32 Å². The van der Waals surface area contributed by atoms with Crippen LogP contribution in [0.25, 0.3) is 11.1 Å². The van der Waals surface area contributed by atoms with Crippen molar-refractivity contribution in [3.05, 3.63) is 34.9 Å². The Kier molecular flexibility index (Phi) is 3.13. The molecule has 3 N–H and O–H groups in total. The number of ether oxygens (including phenoxy) is 2. The fourth-order valence-electron chi connectivity index (χ4n) is 3.93. The Balaban J connectivity index is 2.10. The van der Waals surface area contributed by atoms with Crippen molar-refractivity contribution in [3.63, 3.8) is 0 Å². The maximum atomic E-state index is 10.8. The van der Waals surface area contributed by atoms with Crippen LogP contribution in [0.3, 0.4) is 0 Å². The maximum Gasteiger partial charge on any atom is 0.204 e. The van der Waals surface area contributed by atoms with Crippen molar-refractivity contribution >= 4 is 0 Å². The summed E-state index contributed by atoms with van der Waals surface area (Å²) in [6.45, 7) is 0.843. The van der Waals surface area contributed by atoms with Crippen LogP contribution in [0.5, 0.6) is 23.0 Å². The normalized spacial score (nSPS) is 18.1. The second kappa shape index (κ2) is 5.06. The van der Waals surface area contributed by atoms with Gasteiger partial charge in [0.15, 0.2) is 11.5 Å². The summed E-state index contributed by atoms with van der Waals surface area (Å²) in [5, 5.41) is 24.1. The molecule has 1 unspecified atom stereocenters. The number of hydrogen-bond donors (Lipinski definition) is 3. The van der Waals surface area contributed by atoms with Gasteiger partial charge in [0.05, 0.1) is 14.2 Å². The van der Waals surface area contributed by atoms with Gasteiger partial charge in [0.1, 0.15) is 5.75 Å². The summed E-state index contributed by atoms with van der Waals surface area (Å²) in [5.74, 6) is 1.34. The van der Waals surface area contributed by atoms with E-state index in [1.54, 1.807) is 19.2 Å². The zero-order valence-electron chi connectivity index (χ0n) is 13.1. The van der Waals surface area contributed by atoms with Crippen LogP contribution >= 0.6 is 0 Å². The van der Waals surface area contributed by atoms with Gasteiger partial charge in [0.2, 0.25) is 5.75 Å². The first-order valence-corrected chi connectivity index (χ1v) is 7.71. The van der Waals surface area contributed by atoms with Gasteiger partial charge < -0.3 is 25.0 Å². The summed E-state index contributed by atoms with van der Waals surface area (Å²) >= 11 is 0. The maximum absolute atomic E-state index is 10.8. The molecular formula is C18H19NO4. The van der Waals surface area contributed by atoms with Crippen LogP contribution in [-0.4, -0.2) is 31.0 Å². The summed E-state index contributed by atoms with van der Waals surface area (Å²) in [7, 11) is 3.14. The lowest BCUT2D eigenvalue weighted by Crippen LogP contribution is -2.34. The molecule has 0 bridgehead atoms. The topological polar surface area (TPSA) is 71.0 Å². The molecule has 0 amide bonds. The Bertz CT molecular complexity index is 800. The highest BCUT2D eigenvalue weighted by Gasteiger charge is 2.36. The molecule has 1 heterocycles. The van der Waals surface area contributed by atoms with Gasteiger partial charge in [-0.05, 0) is 48.2 Å². The third-order valence-electron chi connectivity index (χ3n) is 4.83. The molecule has 2 aromatic rings. The molecule has 23 heavy (non-hydrogen) atoms. The van der Waals surface area contributed by atoms with Crippen LogP contribution in [0.4, 0.5) is 0 Å². The fraction of sp³-hybridized carbons (Fsp3) is 0.333. The number of hydrogen-bond acceptors (Lipinski definition) is 5. The lowest BCUT2D eigenvalue weighted by molar-refractivity contribution is 0.326. The number of phenols is 2. The van der Waals surface area contributed by atoms with Crippen LogP contribution in [0.2, 0.25) is 0 Å². The zero-order chi connectivity index (χ0) is 16.1. The van der Waals surface area contributed by atoms with Gasteiger partial charge in [0, 0.05) is 17.2 Å². The fourth-order valence-corrected chi connectivity index (χ4v) is 3.93. The average molecular weight is 313 g/mol. The van der Waals surface area contributed by atoms with E-state index >= 15 is 0 Å². The van der Waals surface area contributed by atoms with Gasteiger partial charge in [-0.1, -0.05) is 6.07 Å². The highest BCUT2D eigenvalue weighted by molar-refractivity contribution is 5.85. The van der Waals surface area contributed by atoms with Gasteiger partial charge in [0.25, 0.3) is 0 Å². The van der Waals surface area contributed by atoms with Crippen molar-refractivity contribution in [1.29, 1.82) is 0 Å². The quantitative estimate of drug-likeness (QED) is 0.795. The number of fused-ring (bicyclic) bond motifs is 2. The van der Waals surface area contributed by atoms with Crippen molar-refractivity contribution < 1.29 is 19.7 Å².